The lowest BCUT2D eigenvalue weighted by atomic mass is 10.0. The number of ether oxygens (including phenoxy) is 2. The Bertz CT molecular complexity index is 643. The van der Waals surface area contributed by atoms with Gasteiger partial charge in [0, 0.05) is 10.9 Å². The van der Waals surface area contributed by atoms with Crippen LogP contribution in [-0.2, 0) is 6.42 Å². The normalized spacial score (nSPS) is 14.3. The maximum atomic E-state index is 10.4. The summed E-state index contributed by atoms with van der Waals surface area (Å²) in [7, 11) is 0. The van der Waals surface area contributed by atoms with Crippen molar-refractivity contribution in [2.24, 2.45) is 0 Å². The summed E-state index contributed by atoms with van der Waals surface area (Å²) in [6.45, 7) is 0.221. The standard InChI is InChI=1S/C15H12Br2O3/c16-11-3-1-2-9(4-11)5-13(18)10-6-12(17)15-14(7-10)19-8-20-15/h1-4,6-7,13,18H,5,8H2. The second kappa shape index (κ2) is 5.76. The molecule has 1 atom stereocenters. The van der Waals surface area contributed by atoms with E-state index in [0.29, 0.717) is 17.9 Å². The summed E-state index contributed by atoms with van der Waals surface area (Å²) >= 11 is 6.87. The fraction of sp³-hybridized carbons (Fsp3) is 0.200. The summed E-state index contributed by atoms with van der Waals surface area (Å²) in [5.41, 5.74) is 1.88. The van der Waals surface area contributed by atoms with Crippen LogP contribution < -0.4 is 9.47 Å². The predicted molar refractivity (Wildman–Crippen MR) is 83.1 cm³/mol. The minimum atomic E-state index is -0.588. The molecule has 0 saturated heterocycles. The largest absolute Gasteiger partial charge is 0.454 e. The number of halogens is 2. The Morgan fingerprint density at radius 1 is 1.15 bits per heavy atom. The van der Waals surface area contributed by atoms with E-state index in [-0.39, 0.29) is 6.79 Å². The minimum absolute atomic E-state index is 0.221. The van der Waals surface area contributed by atoms with E-state index < -0.39 is 6.10 Å². The van der Waals surface area contributed by atoms with Gasteiger partial charge in [0.2, 0.25) is 6.79 Å². The molecule has 104 valence electrons. The second-order valence-electron chi connectivity index (χ2n) is 4.59. The maximum absolute atomic E-state index is 10.4. The second-order valence-corrected chi connectivity index (χ2v) is 6.36. The lowest BCUT2D eigenvalue weighted by molar-refractivity contribution is 0.171. The third-order valence-electron chi connectivity index (χ3n) is 3.15. The molecule has 0 aliphatic carbocycles. The average Bonchev–Trinajstić information content (AvgIpc) is 2.87. The Morgan fingerprint density at radius 2 is 2.00 bits per heavy atom. The molecule has 0 aromatic heterocycles. The highest BCUT2D eigenvalue weighted by Crippen LogP contribution is 2.41. The molecule has 1 N–H and O–H groups in total. The third-order valence-corrected chi connectivity index (χ3v) is 4.23. The molecule has 0 radical (unpaired) electrons. The van der Waals surface area contributed by atoms with Gasteiger partial charge in [-0.1, -0.05) is 28.1 Å². The third kappa shape index (κ3) is 2.85. The van der Waals surface area contributed by atoms with Crippen molar-refractivity contribution in [3.05, 3.63) is 56.5 Å². The summed E-state index contributed by atoms with van der Waals surface area (Å²) in [5.74, 6) is 1.37. The topological polar surface area (TPSA) is 38.7 Å². The van der Waals surface area contributed by atoms with E-state index in [1.807, 2.05) is 36.4 Å². The molecular formula is C15H12Br2O3. The van der Waals surface area contributed by atoms with Gasteiger partial charge in [-0.05, 0) is 51.3 Å². The molecule has 2 aromatic rings. The molecular weight excluding hydrogens is 388 g/mol. The van der Waals surface area contributed by atoms with Gasteiger partial charge in [-0.2, -0.15) is 0 Å². The highest BCUT2D eigenvalue weighted by molar-refractivity contribution is 9.10. The van der Waals surface area contributed by atoms with E-state index in [1.54, 1.807) is 0 Å². The first-order valence-electron chi connectivity index (χ1n) is 6.15. The van der Waals surface area contributed by atoms with E-state index in [2.05, 4.69) is 31.9 Å². The minimum Gasteiger partial charge on any atom is -0.454 e. The Kier molecular flexibility index (Phi) is 4.01. The molecule has 1 aliphatic rings. The zero-order valence-electron chi connectivity index (χ0n) is 10.5. The number of fused-ring (bicyclic) bond motifs is 1. The molecule has 0 amide bonds. The molecule has 0 spiro atoms. The molecule has 0 fully saturated rings. The van der Waals surface area contributed by atoms with Crippen LogP contribution in [0.4, 0.5) is 0 Å². The molecule has 3 rings (SSSR count). The van der Waals surface area contributed by atoms with Crippen molar-refractivity contribution in [3.8, 4) is 11.5 Å². The van der Waals surface area contributed by atoms with Crippen molar-refractivity contribution in [2.45, 2.75) is 12.5 Å². The lowest BCUT2D eigenvalue weighted by Gasteiger charge is -2.13. The molecule has 0 saturated carbocycles. The lowest BCUT2D eigenvalue weighted by Crippen LogP contribution is -2.02. The monoisotopic (exact) mass is 398 g/mol. The summed E-state index contributed by atoms with van der Waals surface area (Å²) < 4.78 is 12.5. The van der Waals surface area contributed by atoms with Gasteiger partial charge in [0.1, 0.15) is 0 Å². The van der Waals surface area contributed by atoms with Crippen molar-refractivity contribution in [1.82, 2.24) is 0 Å². The van der Waals surface area contributed by atoms with Gasteiger partial charge in [0.05, 0.1) is 10.6 Å². The number of rotatable bonds is 3. The van der Waals surface area contributed by atoms with Gasteiger partial charge in [-0.3, -0.25) is 0 Å². The Labute approximate surface area is 133 Å². The van der Waals surface area contributed by atoms with Gasteiger partial charge < -0.3 is 14.6 Å². The summed E-state index contributed by atoms with van der Waals surface area (Å²) in [6.07, 6.45) is -0.0407. The van der Waals surface area contributed by atoms with Crippen LogP contribution in [0.15, 0.2) is 45.3 Å². The van der Waals surface area contributed by atoms with Crippen LogP contribution in [0.3, 0.4) is 0 Å². The molecule has 3 nitrogen and oxygen atoms in total. The van der Waals surface area contributed by atoms with Gasteiger partial charge in [-0.15, -0.1) is 0 Å². The van der Waals surface area contributed by atoms with E-state index in [1.165, 1.54) is 0 Å². The van der Waals surface area contributed by atoms with Crippen LogP contribution in [0.5, 0.6) is 11.5 Å². The first-order chi connectivity index (χ1) is 9.63. The molecule has 2 aromatic carbocycles. The predicted octanol–water partition coefficient (Wildman–Crippen LogP) is 4.22. The smallest absolute Gasteiger partial charge is 0.231 e. The van der Waals surface area contributed by atoms with Crippen molar-refractivity contribution in [1.29, 1.82) is 0 Å². The number of aliphatic hydroxyl groups is 1. The molecule has 1 heterocycles. The Morgan fingerprint density at radius 3 is 2.80 bits per heavy atom. The zero-order chi connectivity index (χ0) is 14.1. The highest BCUT2D eigenvalue weighted by Gasteiger charge is 2.20. The first-order valence-corrected chi connectivity index (χ1v) is 7.73. The van der Waals surface area contributed by atoms with Crippen molar-refractivity contribution in [3.63, 3.8) is 0 Å². The van der Waals surface area contributed by atoms with Crippen LogP contribution in [0.25, 0.3) is 0 Å². The zero-order valence-corrected chi connectivity index (χ0v) is 13.6. The number of benzene rings is 2. The Balaban J connectivity index is 1.84. The molecule has 5 heteroatoms. The molecule has 1 aliphatic heterocycles. The van der Waals surface area contributed by atoms with Crippen LogP contribution in [-0.4, -0.2) is 11.9 Å². The van der Waals surface area contributed by atoms with E-state index in [0.717, 1.165) is 20.1 Å². The van der Waals surface area contributed by atoms with Crippen LogP contribution in [0.1, 0.15) is 17.2 Å². The van der Waals surface area contributed by atoms with E-state index in [4.69, 9.17) is 9.47 Å². The first kappa shape index (κ1) is 13.9. The number of hydrogen-bond donors (Lipinski definition) is 1. The average molecular weight is 400 g/mol. The van der Waals surface area contributed by atoms with Crippen molar-refractivity contribution in [2.75, 3.05) is 6.79 Å². The van der Waals surface area contributed by atoms with Gasteiger partial charge >= 0.3 is 0 Å². The molecule has 0 bridgehead atoms. The van der Waals surface area contributed by atoms with E-state index in [9.17, 15) is 5.11 Å². The number of aliphatic hydroxyl groups excluding tert-OH is 1. The fourth-order valence-electron chi connectivity index (χ4n) is 2.18. The fourth-order valence-corrected chi connectivity index (χ4v) is 3.21. The SMILES string of the molecule is OC(Cc1cccc(Br)c1)c1cc(Br)c2c(c1)OCO2. The van der Waals surface area contributed by atoms with Crippen LogP contribution in [0, 0.1) is 0 Å². The summed E-state index contributed by atoms with van der Waals surface area (Å²) in [4.78, 5) is 0. The van der Waals surface area contributed by atoms with Crippen molar-refractivity contribution >= 4 is 31.9 Å². The van der Waals surface area contributed by atoms with Crippen LogP contribution in [0.2, 0.25) is 0 Å². The maximum Gasteiger partial charge on any atom is 0.231 e. The van der Waals surface area contributed by atoms with Gasteiger partial charge in [-0.25, -0.2) is 0 Å². The van der Waals surface area contributed by atoms with Gasteiger partial charge in [0.15, 0.2) is 11.5 Å². The quantitative estimate of drug-likeness (QED) is 0.839. The summed E-state index contributed by atoms with van der Waals surface area (Å²) in [6, 6.07) is 11.6. The van der Waals surface area contributed by atoms with E-state index >= 15 is 0 Å². The number of hydrogen-bond acceptors (Lipinski definition) is 3. The molecule has 1 unspecified atom stereocenters. The van der Waals surface area contributed by atoms with Crippen molar-refractivity contribution < 1.29 is 14.6 Å². The van der Waals surface area contributed by atoms with Gasteiger partial charge in [0.25, 0.3) is 0 Å². The highest BCUT2D eigenvalue weighted by atomic mass is 79.9. The molecule has 20 heavy (non-hydrogen) atoms. The summed E-state index contributed by atoms with van der Waals surface area (Å²) in [5, 5.41) is 10.4. The van der Waals surface area contributed by atoms with Crippen LogP contribution >= 0.6 is 31.9 Å². The Hall–Kier alpha value is -1.04.